The number of nitrogens with one attached hydrogen (secondary N) is 1. The molecule has 0 saturated heterocycles. The Morgan fingerprint density at radius 3 is 2.89 bits per heavy atom. The molecule has 2 aromatic heterocycles. The molecule has 0 aliphatic rings. The zero-order chi connectivity index (χ0) is 12.5. The fourth-order valence-electron chi connectivity index (χ4n) is 1.92. The summed E-state index contributed by atoms with van der Waals surface area (Å²) in [7, 11) is 1.88. The van der Waals surface area contributed by atoms with Crippen LogP contribution in [0.4, 0.5) is 17.2 Å². The van der Waals surface area contributed by atoms with Gasteiger partial charge in [0.05, 0.1) is 11.4 Å². The monoisotopic (exact) mass is 239 g/mol. The van der Waals surface area contributed by atoms with Crippen LogP contribution in [0.15, 0.2) is 42.9 Å². The lowest BCUT2D eigenvalue weighted by atomic mass is 10.1. The average Bonchev–Trinajstić information content (AvgIpc) is 2.79. The van der Waals surface area contributed by atoms with Crippen LogP contribution >= 0.6 is 0 Å². The summed E-state index contributed by atoms with van der Waals surface area (Å²) in [4.78, 5) is 4.08. The van der Waals surface area contributed by atoms with Gasteiger partial charge in [-0.15, -0.1) is 0 Å². The van der Waals surface area contributed by atoms with Crippen LogP contribution in [0.3, 0.4) is 0 Å². The van der Waals surface area contributed by atoms with Gasteiger partial charge < -0.3 is 11.1 Å². The second-order valence-electron chi connectivity index (χ2n) is 4.12. The van der Waals surface area contributed by atoms with Gasteiger partial charge in [-0.25, -0.2) is 0 Å². The molecule has 1 aromatic carbocycles. The highest BCUT2D eigenvalue weighted by Crippen LogP contribution is 2.29. The van der Waals surface area contributed by atoms with Crippen molar-refractivity contribution in [1.29, 1.82) is 0 Å². The second kappa shape index (κ2) is 4.03. The number of nitrogen functional groups attached to an aromatic ring is 1. The van der Waals surface area contributed by atoms with Crippen LogP contribution in [-0.4, -0.2) is 14.8 Å². The van der Waals surface area contributed by atoms with E-state index in [1.54, 1.807) is 17.1 Å². The van der Waals surface area contributed by atoms with E-state index in [1.165, 1.54) is 0 Å². The minimum absolute atomic E-state index is 0.709. The highest BCUT2D eigenvalue weighted by Gasteiger charge is 2.05. The Kier molecular flexibility index (Phi) is 2.37. The predicted octanol–water partition coefficient (Wildman–Crippen LogP) is 2.29. The molecule has 3 aromatic rings. The van der Waals surface area contributed by atoms with Crippen LogP contribution in [0.1, 0.15) is 0 Å². The molecule has 0 spiro atoms. The van der Waals surface area contributed by atoms with E-state index in [0.717, 1.165) is 22.3 Å². The highest BCUT2D eigenvalue weighted by molar-refractivity contribution is 5.99. The Morgan fingerprint density at radius 1 is 1.22 bits per heavy atom. The Bertz CT molecular complexity index is 701. The minimum Gasteiger partial charge on any atom is -0.397 e. The smallest absolute Gasteiger partial charge is 0.152 e. The van der Waals surface area contributed by atoms with E-state index in [9.17, 15) is 0 Å². The molecule has 0 fully saturated rings. The number of fused-ring (bicyclic) bond motifs is 1. The molecule has 90 valence electrons. The number of nitrogens with two attached hydrogens (primary N) is 1. The first-order valence-corrected chi connectivity index (χ1v) is 5.63. The first-order chi connectivity index (χ1) is 8.74. The molecular weight excluding hydrogens is 226 g/mol. The quantitative estimate of drug-likeness (QED) is 0.673. The van der Waals surface area contributed by atoms with Crippen LogP contribution in [0, 0.1) is 0 Å². The molecule has 3 rings (SSSR count). The Hall–Kier alpha value is -2.56. The number of nitrogens with zero attached hydrogens (tertiary/aromatic N) is 3. The molecule has 0 bridgehead atoms. The molecule has 5 heteroatoms. The Labute approximate surface area is 104 Å². The van der Waals surface area contributed by atoms with E-state index < -0.39 is 0 Å². The first kappa shape index (κ1) is 10.6. The molecule has 3 N–H and O–H groups in total. The summed E-state index contributed by atoms with van der Waals surface area (Å²) in [6, 6.07) is 7.74. The average molecular weight is 239 g/mol. The maximum atomic E-state index is 6.15. The van der Waals surface area contributed by atoms with E-state index in [4.69, 9.17) is 5.73 Å². The van der Waals surface area contributed by atoms with Crippen LogP contribution in [0.5, 0.6) is 0 Å². The summed E-state index contributed by atoms with van der Waals surface area (Å²) in [5.41, 5.74) is 7.71. The maximum absolute atomic E-state index is 6.15. The van der Waals surface area contributed by atoms with Crippen molar-refractivity contribution in [3.05, 3.63) is 42.9 Å². The van der Waals surface area contributed by atoms with Crippen molar-refractivity contribution < 1.29 is 0 Å². The van der Waals surface area contributed by atoms with Gasteiger partial charge in [-0.1, -0.05) is 6.07 Å². The molecule has 18 heavy (non-hydrogen) atoms. The molecule has 0 radical (unpaired) electrons. The molecule has 2 heterocycles. The second-order valence-corrected chi connectivity index (χ2v) is 4.12. The molecular formula is C13H13N5. The van der Waals surface area contributed by atoms with Crippen molar-refractivity contribution in [3.63, 3.8) is 0 Å². The van der Waals surface area contributed by atoms with Crippen LogP contribution < -0.4 is 11.1 Å². The first-order valence-electron chi connectivity index (χ1n) is 5.63. The zero-order valence-electron chi connectivity index (χ0n) is 9.96. The van der Waals surface area contributed by atoms with Crippen molar-refractivity contribution in [1.82, 2.24) is 14.8 Å². The molecule has 5 nitrogen and oxygen atoms in total. The van der Waals surface area contributed by atoms with Gasteiger partial charge in [0.25, 0.3) is 0 Å². The SMILES string of the molecule is Cn1ccc(Nc2ccc3cnccc3c2N)n1. The molecule has 0 amide bonds. The van der Waals surface area contributed by atoms with Gasteiger partial charge >= 0.3 is 0 Å². The largest absolute Gasteiger partial charge is 0.397 e. The zero-order valence-corrected chi connectivity index (χ0v) is 9.96. The predicted molar refractivity (Wildman–Crippen MR) is 72.6 cm³/mol. The van der Waals surface area contributed by atoms with Crippen molar-refractivity contribution >= 4 is 28.0 Å². The molecule has 0 aliphatic heterocycles. The van der Waals surface area contributed by atoms with Gasteiger partial charge in [0, 0.05) is 42.5 Å². The van der Waals surface area contributed by atoms with E-state index in [1.807, 2.05) is 37.5 Å². The molecule has 0 aliphatic carbocycles. The van der Waals surface area contributed by atoms with Gasteiger partial charge in [-0.05, 0) is 12.1 Å². The molecule has 0 atom stereocenters. The van der Waals surface area contributed by atoms with Gasteiger partial charge in [0.2, 0.25) is 0 Å². The number of pyridine rings is 1. The number of anilines is 3. The fourth-order valence-corrected chi connectivity index (χ4v) is 1.92. The minimum atomic E-state index is 0.709. The van der Waals surface area contributed by atoms with E-state index in [0.29, 0.717) is 5.69 Å². The van der Waals surface area contributed by atoms with E-state index in [-0.39, 0.29) is 0 Å². The van der Waals surface area contributed by atoms with E-state index >= 15 is 0 Å². The topological polar surface area (TPSA) is 68.8 Å². The summed E-state index contributed by atoms with van der Waals surface area (Å²) in [5, 5.41) is 9.49. The van der Waals surface area contributed by atoms with Gasteiger partial charge in [0.1, 0.15) is 0 Å². The third-order valence-electron chi connectivity index (χ3n) is 2.84. The van der Waals surface area contributed by atoms with Gasteiger partial charge in [-0.3, -0.25) is 9.67 Å². The summed E-state index contributed by atoms with van der Waals surface area (Å²) in [6.07, 6.45) is 5.42. The standard InChI is InChI=1S/C13H13N5/c1-18-7-5-12(17-18)16-11-3-2-9-8-15-6-4-10(9)13(11)14/h2-8H,14H2,1H3,(H,16,17). The molecule has 0 saturated carbocycles. The summed E-state index contributed by atoms with van der Waals surface area (Å²) >= 11 is 0. The summed E-state index contributed by atoms with van der Waals surface area (Å²) in [6.45, 7) is 0. The lowest BCUT2D eigenvalue weighted by molar-refractivity contribution is 0.771. The van der Waals surface area contributed by atoms with Gasteiger partial charge in [-0.2, -0.15) is 5.10 Å². The van der Waals surface area contributed by atoms with E-state index in [2.05, 4.69) is 15.4 Å². The van der Waals surface area contributed by atoms with Crippen molar-refractivity contribution in [3.8, 4) is 0 Å². The lowest BCUT2D eigenvalue weighted by Gasteiger charge is -2.09. The van der Waals surface area contributed by atoms with Crippen molar-refractivity contribution in [2.75, 3.05) is 11.1 Å². The third-order valence-corrected chi connectivity index (χ3v) is 2.84. The van der Waals surface area contributed by atoms with Crippen LogP contribution in [0.25, 0.3) is 10.8 Å². The number of hydrogen-bond donors (Lipinski definition) is 2. The van der Waals surface area contributed by atoms with Crippen molar-refractivity contribution in [2.45, 2.75) is 0 Å². The highest BCUT2D eigenvalue weighted by atomic mass is 15.3. The number of benzene rings is 1. The van der Waals surface area contributed by atoms with Crippen LogP contribution in [-0.2, 0) is 7.05 Å². The number of rotatable bonds is 2. The number of aromatic nitrogens is 3. The molecule has 0 unspecified atom stereocenters. The van der Waals surface area contributed by atoms with Crippen LogP contribution in [0.2, 0.25) is 0 Å². The third kappa shape index (κ3) is 1.75. The summed E-state index contributed by atoms with van der Waals surface area (Å²) in [5.74, 6) is 0.776. The normalized spacial score (nSPS) is 10.7. The number of aryl methyl sites for hydroxylation is 1. The maximum Gasteiger partial charge on any atom is 0.152 e. The van der Waals surface area contributed by atoms with Crippen molar-refractivity contribution in [2.24, 2.45) is 7.05 Å². The fraction of sp³-hybridized carbons (Fsp3) is 0.0769. The number of hydrogen-bond acceptors (Lipinski definition) is 4. The lowest BCUT2D eigenvalue weighted by Crippen LogP contribution is -1.98. The summed E-state index contributed by atoms with van der Waals surface area (Å²) < 4.78 is 1.74. The van der Waals surface area contributed by atoms with Gasteiger partial charge in [0.15, 0.2) is 5.82 Å². The Balaban J connectivity index is 2.04. The Morgan fingerprint density at radius 2 is 2.11 bits per heavy atom.